The summed E-state index contributed by atoms with van der Waals surface area (Å²) >= 11 is 0. The summed E-state index contributed by atoms with van der Waals surface area (Å²) in [5, 5.41) is 13.3. The molecule has 0 radical (unpaired) electrons. The molecule has 0 unspecified atom stereocenters. The number of carbonyl (C=O) groups excluding carboxylic acids is 1. The van der Waals surface area contributed by atoms with Crippen molar-refractivity contribution in [2.75, 3.05) is 20.1 Å². The van der Waals surface area contributed by atoms with E-state index < -0.39 is 5.60 Å². The largest absolute Gasteiger partial charge is 0.444 e. The Bertz CT molecular complexity index is 458. The molecule has 4 N–H and O–H groups in total. The maximum Gasteiger partial charge on any atom is 0.407 e. The molecule has 152 valence electrons. The molecule has 0 saturated heterocycles. The first-order valence-corrected chi connectivity index (χ1v) is 9.70. The van der Waals surface area contributed by atoms with E-state index in [2.05, 4.69) is 47.0 Å². The lowest BCUT2D eigenvalue weighted by molar-refractivity contribution is 0.0490. The average Bonchev–Trinajstić information content (AvgIpc) is 2.49. The Balaban J connectivity index is 2.26. The van der Waals surface area contributed by atoms with Gasteiger partial charge in [-0.25, -0.2) is 4.79 Å². The zero-order valence-corrected chi connectivity index (χ0v) is 17.7. The predicted octanol–water partition coefficient (Wildman–Crippen LogP) is 2.38. The van der Waals surface area contributed by atoms with Crippen molar-refractivity contribution in [3.05, 3.63) is 0 Å². The molecule has 0 aliphatic heterocycles. The van der Waals surface area contributed by atoms with Gasteiger partial charge in [-0.1, -0.05) is 0 Å². The summed E-state index contributed by atoms with van der Waals surface area (Å²) in [5.41, 5.74) is -0.332. The number of hydrogen-bond acceptors (Lipinski definition) is 4. The van der Waals surface area contributed by atoms with E-state index in [1.54, 1.807) is 7.05 Å². The minimum absolute atomic E-state index is 0.123. The lowest BCUT2D eigenvalue weighted by Gasteiger charge is -2.31. The monoisotopic (exact) mass is 369 g/mol. The van der Waals surface area contributed by atoms with Crippen LogP contribution in [0.15, 0.2) is 4.99 Å². The molecule has 1 aliphatic rings. The van der Waals surface area contributed by atoms with Gasteiger partial charge < -0.3 is 26.0 Å². The first kappa shape index (κ1) is 22.5. The van der Waals surface area contributed by atoms with Crippen LogP contribution in [-0.4, -0.2) is 55.4 Å². The summed E-state index contributed by atoms with van der Waals surface area (Å²) in [6.07, 6.45) is 3.57. The number of carbonyl (C=O) groups is 1. The van der Waals surface area contributed by atoms with Gasteiger partial charge in [0.2, 0.25) is 0 Å². The number of amides is 1. The molecule has 1 fully saturated rings. The van der Waals surface area contributed by atoms with Gasteiger partial charge in [-0.05, 0) is 67.2 Å². The maximum absolute atomic E-state index is 11.9. The lowest BCUT2D eigenvalue weighted by Crippen LogP contribution is -2.49. The number of guanidine groups is 1. The molecule has 0 atom stereocenters. The van der Waals surface area contributed by atoms with Crippen molar-refractivity contribution in [1.82, 2.24) is 21.3 Å². The number of rotatable bonds is 5. The van der Waals surface area contributed by atoms with Crippen molar-refractivity contribution in [2.24, 2.45) is 4.99 Å². The summed E-state index contributed by atoms with van der Waals surface area (Å²) in [6, 6.07) is 0.572. The number of nitrogens with one attached hydrogen (secondary N) is 4. The normalized spacial score (nSPS) is 21.9. The van der Waals surface area contributed by atoms with Gasteiger partial charge in [-0.2, -0.15) is 0 Å². The fourth-order valence-corrected chi connectivity index (χ4v) is 2.86. The molecule has 1 amide bonds. The highest BCUT2D eigenvalue weighted by molar-refractivity contribution is 5.79. The second kappa shape index (κ2) is 10.00. The highest BCUT2D eigenvalue weighted by Gasteiger charge is 2.25. The quantitative estimate of drug-likeness (QED) is 0.340. The van der Waals surface area contributed by atoms with Crippen molar-refractivity contribution in [2.45, 2.75) is 90.4 Å². The summed E-state index contributed by atoms with van der Waals surface area (Å²) in [5.74, 6) is 0.837. The van der Waals surface area contributed by atoms with Gasteiger partial charge in [0.1, 0.15) is 5.60 Å². The summed E-state index contributed by atoms with van der Waals surface area (Å²) < 4.78 is 5.33. The smallest absolute Gasteiger partial charge is 0.407 e. The van der Waals surface area contributed by atoms with Crippen LogP contribution in [0.1, 0.15) is 67.2 Å². The van der Waals surface area contributed by atoms with E-state index in [0.717, 1.165) is 44.7 Å². The second-order valence-electron chi connectivity index (χ2n) is 9.01. The Morgan fingerprint density at radius 3 is 1.96 bits per heavy atom. The van der Waals surface area contributed by atoms with Crippen LogP contribution in [0, 0.1) is 0 Å². The summed E-state index contributed by atoms with van der Waals surface area (Å²) in [4.78, 5) is 16.2. The van der Waals surface area contributed by atoms with E-state index in [-0.39, 0.29) is 17.7 Å². The number of hydrogen-bond donors (Lipinski definition) is 4. The van der Waals surface area contributed by atoms with Gasteiger partial charge in [-0.15, -0.1) is 0 Å². The summed E-state index contributed by atoms with van der Waals surface area (Å²) in [7, 11) is 1.79. The van der Waals surface area contributed by atoms with E-state index in [1.807, 2.05) is 20.8 Å². The van der Waals surface area contributed by atoms with E-state index >= 15 is 0 Å². The predicted molar refractivity (Wildman–Crippen MR) is 108 cm³/mol. The van der Waals surface area contributed by atoms with Crippen LogP contribution in [0.2, 0.25) is 0 Å². The molecule has 1 rings (SSSR count). The van der Waals surface area contributed by atoms with E-state index in [9.17, 15) is 4.79 Å². The van der Waals surface area contributed by atoms with Crippen molar-refractivity contribution in [1.29, 1.82) is 0 Å². The molecule has 0 aromatic heterocycles. The van der Waals surface area contributed by atoms with E-state index in [1.165, 1.54) is 0 Å². The minimum atomic E-state index is -0.456. The van der Waals surface area contributed by atoms with Gasteiger partial charge in [0.25, 0.3) is 0 Å². The van der Waals surface area contributed by atoms with Gasteiger partial charge in [0, 0.05) is 37.8 Å². The SMILES string of the molecule is CN=C(NCCNC(C)(C)C)NC1CCC(NC(=O)OC(C)(C)C)CC1. The van der Waals surface area contributed by atoms with Crippen molar-refractivity contribution in [3.8, 4) is 0 Å². The molecule has 0 heterocycles. The Morgan fingerprint density at radius 2 is 1.50 bits per heavy atom. The van der Waals surface area contributed by atoms with Crippen LogP contribution in [0.5, 0.6) is 0 Å². The molecule has 0 aromatic rings. The van der Waals surface area contributed by atoms with Gasteiger partial charge in [0.05, 0.1) is 0 Å². The number of ether oxygens (including phenoxy) is 1. The van der Waals surface area contributed by atoms with Crippen LogP contribution in [0.25, 0.3) is 0 Å². The molecule has 0 aromatic carbocycles. The van der Waals surface area contributed by atoms with Crippen molar-refractivity contribution in [3.63, 3.8) is 0 Å². The Kier molecular flexibility index (Phi) is 8.67. The number of aliphatic imine (C=N–C) groups is 1. The first-order chi connectivity index (χ1) is 12.0. The van der Waals surface area contributed by atoms with Crippen LogP contribution >= 0.6 is 0 Å². The Hall–Kier alpha value is -1.50. The van der Waals surface area contributed by atoms with E-state index in [0.29, 0.717) is 6.04 Å². The van der Waals surface area contributed by atoms with Crippen LogP contribution < -0.4 is 21.3 Å². The van der Waals surface area contributed by atoms with Gasteiger partial charge in [-0.3, -0.25) is 4.99 Å². The fraction of sp³-hybridized carbons (Fsp3) is 0.895. The standard InChI is InChI=1S/C19H39N5O2/c1-18(2,3)22-13-12-21-16(20-7)23-14-8-10-15(11-9-14)24-17(25)26-19(4,5)6/h14-15,22H,8-13H2,1-7H3,(H,24,25)(H2,20,21,23). The van der Waals surface area contributed by atoms with Crippen molar-refractivity contribution < 1.29 is 9.53 Å². The first-order valence-electron chi connectivity index (χ1n) is 9.70. The average molecular weight is 370 g/mol. The minimum Gasteiger partial charge on any atom is -0.444 e. The molecule has 1 aliphatic carbocycles. The third-order valence-corrected chi connectivity index (χ3v) is 4.09. The topological polar surface area (TPSA) is 86.8 Å². The Morgan fingerprint density at radius 1 is 0.962 bits per heavy atom. The molecule has 7 nitrogen and oxygen atoms in total. The number of alkyl carbamates (subject to hydrolysis) is 1. The maximum atomic E-state index is 11.9. The molecular formula is C19H39N5O2. The molecule has 0 bridgehead atoms. The second-order valence-corrected chi connectivity index (χ2v) is 9.01. The number of nitrogens with zero attached hydrogens (tertiary/aromatic N) is 1. The van der Waals surface area contributed by atoms with Crippen LogP contribution in [0.3, 0.4) is 0 Å². The zero-order chi connectivity index (χ0) is 19.8. The van der Waals surface area contributed by atoms with Crippen LogP contribution in [-0.2, 0) is 4.74 Å². The lowest BCUT2D eigenvalue weighted by atomic mass is 9.91. The zero-order valence-electron chi connectivity index (χ0n) is 17.7. The third kappa shape index (κ3) is 10.5. The highest BCUT2D eigenvalue weighted by Crippen LogP contribution is 2.19. The molecule has 0 spiro atoms. The van der Waals surface area contributed by atoms with Gasteiger partial charge >= 0.3 is 6.09 Å². The summed E-state index contributed by atoms with van der Waals surface area (Å²) in [6.45, 7) is 13.8. The van der Waals surface area contributed by atoms with Crippen molar-refractivity contribution >= 4 is 12.1 Å². The molecular weight excluding hydrogens is 330 g/mol. The Labute approximate surface area is 159 Å². The van der Waals surface area contributed by atoms with Gasteiger partial charge in [0.15, 0.2) is 5.96 Å². The third-order valence-electron chi connectivity index (χ3n) is 4.09. The molecule has 1 saturated carbocycles. The highest BCUT2D eigenvalue weighted by atomic mass is 16.6. The van der Waals surface area contributed by atoms with E-state index in [4.69, 9.17) is 4.74 Å². The fourth-order valence-electron chi connectivity index (χ4n) is 2.86. The molecule has 7 heteroatoms. The molecule has 26 heavy (non-hydrogen) atoms. The van der Waals surface area contributed by atoms with Crippen LogP contribution in [0.4, 0.5) is 4.79 Å².